The van der Waals surface area contributed by atoms with Crippen molar-refractivity contribution in [3.05, 3.63) is 90.6 Å². The molecule has 7 nitrogen and oxygen atoms in total. The zero-order valence-electron chi connectivity index (χ0n) is 23.7. The lowest BCUT2D eigenvalue weighted by molar-refractivity contribution is 0.313. The highest BCUT2D eigenvalue weighted by Crippen LogP contribution is 2.32. The normalized spacial score (nSPS) is 15.2. The van der Waals surface area contributed by atoms with Crippen LogP contribution in [0.15, 0.2) is 85.1 Å². The minimum Gasteiger partial charge on any atom is -0.383 e. The Labute approximate surface area is 237 Å². The molecule has 1 unspecified atom stereocenters. The highest BCUT2D eigenvalue weighted by Gasteiger charge is 2.22. The van der Waals surface area contributed by atoms with E-state index in [4.69, 9.17) is 15.7 Å². The summed E-state index contributed by atoms with van der Waals surface area (Å²) in [6, 6.07) is 26.9. The molecule has 1 aliphatic heterocycles. The summed E-state index contributed by atoms with van der Waals surface area (Å²) in [7, 11) is 2.03. The Morgan fingerprint density at radius 2 is 1.73 bits per heavy atom. The molecule has 3 N–H and O–H groups in total. The molecule has 0 radical (unpaired) electrons. The molecule has 206 valence electrons. The fourth-order valence-corrected chi connectivity index (χ4v) is 5.41. The van der Waals surface area contributed by atoms with Crippen molar-refractivity contribution in [2.75, 3.05) is 32.4 Å². The minimum atomic E-state index is 0.450. The summed E-state index contributed by atoms with van der Waals surface area (Å²) in [5.41, 5.74) is 13.0. The molecule has 7 heteroatoms. The van der Waals surface area contributed by atoms with E-state index in [1.165, 1.54) is 31.5 Å². The van der Waals surface area contributed by atoms with Gasteiger partial charge in [-0.3, -0.25) is 9.47 Å². The molecule has 40 heavy (non-hydrogen) atoms. The maximum Gasteiger partial charge on any atom is 0.165 e. The van der Waals surface area contributed by atoms with Crippen LogP contribution in [0.2, 0.25) is 0 Å². The van der Waals surface area contributed by atoms with Gasteiger partial charge in [0.2, 0.25) is 0 Å². The minimum absolute atomic E-state index is 0.450. The maximum absolute atomic E-state index is 6.31. The molecule has 1 atom stereocenters. The maximum atomic E-state index is 6.31. The van der Waals surface area contributed by atoms with Crippen LogP contribution in [0.4, 0.5) is 5.82 Å². The third-order valence-corrected chi connectivity index (χ3v) is 7.43. The van der Waals surface area contributed by atoms with E-state index in [1.54, 1.807) is 6.20 Å². The van der Waals surface area contributed by atoms with Crippen molar-refractivity contribution in [2.24, 2.45) is 5.92 Å². The average molecular weight is 534 g/mol. The molecule has 1 saturated heterocycles. The third-order valence-electron chi connectivity index (χ3n) is 7.43. The van der Waals surface area contributed by atoms with Gasteiger partial charge in [0.1, 0.15) is 11.3 Å². The van der Waals surface area contributed by atoms with Crippen LogP contribution in [0.5, 0.6) is 0 Å². The van der Waals surface area contributed by atoms with Crippen molar-refractivity contribution >= 4 is 17.0 Å². The lowest BCUT2D eigenvalue weighted by atomic mass is 10.1. The second-order valence-corrected chi connectivity index (χ2v) is 10.1. The topological polar surface area (TPSA) is 84.9 Å². The molecule has 2 aromatic carbocycles. The largest absolute Gasteiger partial charge is 0.383 e. The first-order valence-corrected chi connectivity index (χ1v) is 14.3. The fraction of sp³-hybridized carbons (Fsp3) is 0.303. The van der Waals surface area contributed by atoms with Gasteiger partial charge in [0.15, 0.2) is 11.5 Å². The number of imidazole rings is 1. The molecule has 5 aromatic rings. The smallest absolute Gasteiger partial charge is 0.165 e. The van der Waals surface area contributed by atoms with Crippen LogP contribution < -0.4 is 11.1 Å². The number of nitrogen functional groups attached to an aromatic ring is 1. The number of anilines is 1. The first kappa shape index (κ1) is 27.5. The van der Waals surface area contributed by atoms with E-state index < -0.39 is 0 Å². The number of nitrogens with zero attached hydrogens (tertiary/aromatic N) is 5. The number of benzene rings is 2. The van der Waals surface area contributed by atoms with E-state index >= 15 is 0 Å². The zero-order valence-corrected chi connectivity index (χ0v) is 23.7. The fourth-order valence-electron chi connectivity index (χ4n) is 5.41. The summed E-state index contributed by atoms with van der Waals surface area (Å²) in [5.74, 6) is 1.98. The number of fused-ring (bicyclic) bond motifs is 1. The van der Waals surface area contributed by atoms with Gasteiger partial charge in [-0.2, -0.15) is 0 Å². The van der Waals surface area contributed by atoms with Crippen molar-refractivity contribution in [2.45, 2.75) is 33.2 Å². The Kier molecular flexibility index (Phi) is 8.84. The molecule has 3 aromatic heterocycles. The van der Waals surface area contributed by atoms with Gasteiger partial charge in [0, 0.05) is 30.5 Å². The third kappa shape index (κ3) is 5.91. The summed E-state index contributed by atoms with van der Waals surface area (Å²) in [6.07, 6.45) is 4.23. The number of hydrogen-bond donors (Lipinski definition) is 2. The average Bonchev–Trinajstić information content (AvgIpc) is 3.62. The van der Waals surface area contributed by atoms with Crippen molar-refractivity contribution in [1.82, 2.24) is 29.7 Å². The van der Waals surface area contributed by atoms with E-state index in [9.17, 15) is 0 Å². The summed E-state index contributed by atoms with van der Waals surface area (Å²) in [4.78, 5) is 16.9. The molecule has 6 rings (SSSR count). The van der Waals surface area contributed by atoms with Gasteiger partial charge < -0.3 is 11.1 Å². The van der Waals surface area contributed by atoms with E-state index in [2.05, 4.69) is 56.2 Å². The Bertz CT molecular complexity index is 1530. The molecule has 0 bridgehead atoms. The molecular formula is C33H39N7. The second kappa shape index (κ2) is 12.9. The number of pyridine rings is 2. The van der Waals surface area contributed by atoms with Gasteiger partial charge in [-0.25, -0.2) is 15.0 Å². The summed E-state index contributed by atoms with van der Waals surface area (Å²) < 4.78 is 2.10. The van der Waals surface area contributed by atoms with Gasteiger partial charge in [-0.1, -0.05) is 56.3 Å². The quantitative estimate of drug-likeness (QED) is 0.247. The number of nitrogens with two attached hydrogens (primary N) is 1. The number of hydrogen-bond acceptors (Lipinski definition) is 6. The molecular weight excluding hydrogens is 494 g/mol. The summed E-state index contributed by atoms with van der Waals surface area (Å²) in [6.45, 7) is 8.40. The molecule has 1 aliphatic rings. The molecule has 0 spiro atoms. The summed E-state index contributed by atoms with van der Waals surface area (Å²) in [5, 5.41) is 3.28. The zero-order chi connectivity index (χ0) is 27.9. The standard InChI is InChI=1S/C31H33N7.C2H6/c1-33-18-15-23-16-19-37(21-23)20-22-9-11-25(12-10-22)38-30(26-8-5-17-34-29(26)32)36-28-14-13-27(35-31(28)38)24-6-3-2-4-7-24;1-2/h2-14,17,23,33H,15-16,18-21H2,1H3,(H2,32,34);1-2H3. The van der Waals surface area contributed by atoms with Gasteiger partial charge in [0.05, 0.1) is 11.3 Å². The van der Waals surface area contributed by atoms with E-state index in [-0.39, 0.29) is 0 Å². The summed E-state index contributed by atoms with van der Waals surface area (Å²) >= 11 is 0. The Morgan fingerprint density at radius 3 is 2.48 bits per heavy atom. The van der Waals surface area contributed by atoms with Crippen molar-refractivity contribution in [1.29, 1.82) is 0 Å². The van der Waals surface area contributed by atoms with E-state index in [1.807, 2.05) is 63.4 Å². The molecule has 0 aliphatic carbocycles. The SMILES string of the molecule is CC.CNCCC1CCN(Cc2ccc(-n3c(-c4cccnc4N)nc4ccc(-c5ccccc5)nc43)cc2)C1. The van der Waals surface area contributed by atoms with Crippen LogP contribution in [0.1, 0.15) is 32.3 Å². The highest BCUT2D eigenvalue weighted by atomic mass is 15.2. The van der Waals surface area contributed by atoms with Gasteiger partial charge in [-0.05, 0) is 80.9 Å². The van der Waals surface area contributed by atoms with Gasteiger partial charge in [0.25, 0.3) is 0 Å². The molecule has 1 fully saturated rings. The lowest BCUT2D eigenvalue weighted by Gasteiger charge is -2.17. The molecule has 0 saturated carbocycles. The monoisotopic (exact) mass is 533 g/mol. The number of nitrogens with one attached hydrogen (secondary N) is 1. The van der Waals surface area contributed by atoms with Gasteiger partial charge in [-0.15, -0.1) is 0 Å². The second-order valence-electron chi connectivity index (χ2n) is 10.1. The Hall–Kier alpha value is -4.07. The first-order valence-electron chi connectivity index (χ1n) is 14.3. The predicted molar refractivity (Wildman–Crippen MR) is 165 cm³/mol. The van der Waals surface area contributed by atoms with E-state index in [0.717, 1.165) is 58.5 Å². The lowest BCUT2D eigenvalue weighted by Crippen LogP contribution is -2.21. The number of likely N-dealkylation sites (tertiary alicyclic amines) is 1. The number of rotatable bonds is 8. The van der Waals surface area contributed by atoms with E-state index in [0.29, 0.717) is 5.82 Å². The van der Waals surface area contributed by atoms with Crippen LogP contribution in [-0.2, 0) is 6.54 Å². The van der Waals surface area contributed by atoms with Crippen LogP contribution in [0.3, 0.4) is 0 Å². The highest BCUT2D eigenvalue weighted by molar-refractivity contribution is 5.84. The van der Waals surface area contributed by atoms with Crippen molar-refractivity contribution in [3.63, 3.8) is 0 Å². The van der Waals surface area contributed by atoms with Gasteiger partial charge >= 0.3 is 0 Å². The van der Waals surface area contributed by atoms with Crippen molar-refractivity contribution < 1.29 is 0 Å². The van der Waals surface area contributed by atoms with Crippen LogP contribution in [0, 0.1) is 5.92 Å². The van der Waals surface area contributed by atoms with Crippen LogP contribution in [0.25, 0.3) is 39.5 Å². The van der Waals surface area contributed by atoms with Crippen LogP contribution in [-0.4, -0.2) is 51.1 Å². The number of aromatic nitrogens is 4. The van der Waals surface area contributed by atoms with Crippen molar-refractivity contribution in [3.8, 4) is 28.3 Å². The Balaban J connectivity index is 0.00000158. The molecule has 4 heterocycles. The van der Waals surface area contributed by atoms with Crippen LogP contribution >= 0.6 is 0 Å². The molecule has 0 amide bonds. The Morgan fingerprint density at radius 1 is 0.925 bits per heavy atom. The predicted octanol–water partition coefficient (Wildman–Crippen LogP) is 6.19. The first-order chi connectivity index (χ1) is 19.7.